The molecule has 1 aromatic heterocycles. The van der Waals surface area contributed by atoms with Gasteiger partial charge >= 0.3 is 0 Å². The summed E-state index contributed by atoms with van der Waals surface area (Å²) in [5.41, 5.74) is 5.91. The van der Waals surface area contributed by atoms with Crippen molar-refractivity contribution < 1.29 is 9.18 Å². The number of hydrogen-bond acceptors (Lipinski definition) is 4. The van der Waals surface area contributed by atoms with Gasteiger partial charge in [0.15, 0.2) is 5.16 Å². The van der Waals surface area contributed by atoms with Crippen LogP contribution in [0.5, 0.6) is 0 Å². The topological polar surface area (TPSA) is 59.8 Å². The zero-order valence-corrected chi connectivity index (χ0v) is 19.6. The molecule has 0 bridgehead atoms. The van der Waals surface area contributed by atoms with E-state index in [-0.39, 0.29) is 17.5 Å². The fourth-order valence-electron chi connectivity index (χ4n) is 3.82. The maximum Gasteiger partial charge on any atom is 0.234 e. The summed E-state index contributed by atoms with van der Waals surface area (Å²) in [5.74, 6) is 0.473. The van der Waals surface area contributed by atoms with Crippen molar-refractivity contribution in [3.05, 3.63) is 101 Å². The third kappa shape index (κ3) is 5.49. The second-order valence-corrected chi connectivity index (χ2v) is 8.93. The zero-order valence-electron chi connectivity index (χ0n) is 18.8. The third-order valence-corrected chi connectivity index (χ3v) is 6.19. The van der Waals surface area contributed by atoms with Gasteiger partial charge in [0.1, 0.15) is 11.6 Å². The molecule has 0 aliphatic rings. The van der Waals surface area contributed by atoms with Gasteiger partial charge in [0.25, 0.3) is 0 Å². The van der Waals surface area contributed by atoms with Crippen LogP contribution < -0.4 is 5.32 Å². The van der Waals surface area contributed by atoms with Crippen molar-refractivity contribution in [3.63, 3.8) is 0 Å². The summed E-state index contributed by atoms with van der Waals surface area (Å²) in [6, 6.07) is 20.3. The van der Waals surface area contributed by atoms with E-state index in [4.69, 9.17) is 0 Å². The maximum atomic E-state index is 13.5. The number of anilines is 1. The molecule has 7 heteroatoms. The molecule has 0 spiro atoms. The predicted molar refractivity (Wildman–Crippen MR) is 131 cm³/mol. The monoisotopic (exact) mass is 460 g/mol. The van der Waals surface area contributed by atoms with Crippen LogP contribution in [-0.2, 0) is 11.2 Å². The number of amides is 1. The number of hydrogen-bond donors (Lipinski definition) is 1. The second kappa shape index (κ2) is 10.0. The van der Waals surface area contributed by atoms with E-state index in [9.17, 15) is 9.18 Å². The lowest BCUT2D eigenvalue weighted by Crippen LogP contribution is -2.16. The molecule has 3 aromatic carbocycles. The van der Waals surface area contributed by atoms with Crippen LogP contribution in [0.2, 0.25) is 0 Å². The highest BCUT2D eigenvalue weighted by molar-refractivity contribution is 7.99. The SMILES string of the molecule is Cc1cc(C)c(NC(=O)CSc2nnc(Cc3ccccc3)n2-c2ccc(F)cc2)c(C)c1. The lowest BCUT2D eigenvalue weighted by molar-refractivity contribution is -0.113. The Bertz CT molecular complexity index is 1250. The number of nitrogens with zero attached hydrogens (tertiary/aromatic N) is 3. The fraction of sp³-hybridized carbons (Fsp3) is 0.192. The van der Waals surface area contributed by atoms with E-state index >= 15 is 0 Å². The van der Waals surface area contributed by atoms with Gasteiger partial charge in [0.2, 0.25) is 5.91 Å². The number of halogens is 1. The molecule has 0 unspecified atom stereocenters. The molecular formula is C26H25FN4OS. The number of carbonyl (C=O) groups is 1. The lowest BCUT2D eigenvalue weighted by Gasteiger charge is -2.13. The van der Waals surface area contributed by atoms with Crippen LogP contribution in [0, 0.1) is 26.6 Å². The predicted octanol–water partition coefficient (Wildman–Crippen LogP) is 5.65. The number of thioether (sulfide) groups is 1. The average molecular weight is 461 g/mol. The molecular weight excluding hydrogens is 435 g/mol. The van der Waals surface area contributed by atoms with E-state index in [1.165, 1.54) is 23.9 Å². The largest absolute Gasteiger partial charge is 0.325 e. The van der Waals surface area contributed by atoms with Crippen molar-refractivity contribution in [3.8, 4) is 5.69 Å². The molecule has 1 amide bonds. The molecule has 0 saturated carbocycles. The van der Waals surface area contributed by atoms with E-state index in [1.54, 1.807) is 12.1 Å². The van der Waals surface area contributed by atoms with Crippen LogP contribution >= 0.6 is 11.8 Å². The van der Waals surface area contributed by atoms with Crippen molar-refractivity contribution in [1.29, 1.82) is 0 Å². The minimum absolute atomic E-state index is 0.117. The summed E-state index contributed by atoms with van der Waals surface area (Å²) >= 11 is 1.30. The number of aromatic nitrogens is 3. The summed E-state index contributed by atoms with van der Waals surface area (Å²) in [4.78, 5) is 12.7. The first-order valence-corrected chi connectivity index (χ1v) is 11.6. The van der Waals surface area contributed by atoms with Crippen LogP contribution in [0.3, 0.4) is 0 Å². The zero-order chi connectivity index (χ0) is 23.4. The standard InChI is InChI=1S/C26H25FN4OS/c1-17-13-18(2)25(19(3)14-17)28-24(32)16-33-26-30-29-23(15-20-7-5-4-6-8-20)31(26)22-11-9-21(27)10-12-22/h4-14H,15-16H2,1-3H3,(H,28,32). The van der Waals surface area contributed by atoms with Gasteiger partial charge < -0.3 is 5.32 Å². The molecule has 0 saturated heterocycles. The van der Waals surface area contributed by atoms with E-state index in [0.717, 1.165) is 39.5 Å². The molecule has 0 aliphatic carbocycles. The van der Waals surface area contributed by atoms with Crippen LogP contribution in [0.4, 0.5) is 10.1 Å². The highest BCUT2D eigenvalue weighted by atomic mass is 32.2. The Hall–Kier alpha value is -3.45. The summed E-state index contributed by atoms with van der Waals surface area (Å²) in [6.07, 6.45) is 0.569. The molecule has 4 aromatic rings. The van der Waals surface area contributed by atoms with E-state index in [2.05, 4.69) is 27.6 Å². The van der Waals surface area contributed by atoms with Gasteiger partial charge in [-0.15, -0.1) is 10.2 Å². The number of rotatable bonds is 7. The highest BCUT2D eigenvalue weighted by Gasteiger charge is 2.17. The number of nitrogens with one attached hydrogen (secondary N) is 1. The molecule has 0 atom stereocenters. The molecule has 0 aliphatic heterocycles. The molecule has 5 nitrogen and oxygen atoms in total. The first-order valence-electron chi connectivity index (χ1n) is 10.7. The van der Waals surface area contributed by atoms with Crippen molar-refractivity contribution in [2.45, 2.75) is 32.3 Å². The summed E-state index contributed by atoms with van der Waals surface area (Å²) in [7, 11) is 0. The van der Waals surface area contributed by atoms with Gasteiger partial charge in [-0.1, -0.05) is 59.8 Å². The van der Waals surface area contributed by atoms with Crippen molar-refractivity contribution in [1.82, 2.24) is 14.8 Å². The average Bonchev–Trinajstić information content (AvgIpc) is 3.18. The Kier molecular flexibility index (Phi) is 6.89. The van der Waals surface area contributed by atoms with Crippen LogP contribution in [0.25, 0.3) is 5.69 Å². The van der Waals surface area contributed by atoms with Crippen molar-refractivity contribution >= 4 is 23.4 Å². The molecule has 1 N–H and O–H groups in total. The summed E-state index contributed by atoms with van der Waals surface area (Å²) in [5, 5.41) is 12.3. The minimum Gasteiger partial charge on any atom is -0.325 e. The molecule has 0 fully saturated rings. The van der Waals surface area contributed by atoms with Gasteiger partial charge in [0, 0.05) is 17.8 Å². The molecule has 1 heterocycles. The highest BCUT2D eigenvalue weighted by Crippen LogP contribution is 2.26. The van der Waals surface area contributed by atoms with Gasteiger partial charge in [0.05, 0.1) is 5.75 Å². The van der Waals surface area contributed by atoms with E-state index < -0.39 is 0 Å². The molecule has 0 radical (unpaired) electrons. The number of aryl methyl sites for hydroxylation is 3. The maximum absolute atomic E-state index is 13.5. The Morgan fingerprint density at radius 1 is 0.970 bits per heavy atom. The number of carbonyl (C=O) groups excluding carboxylic acids is 1. The normalized spacial score (nSPS) is 10.9. The first kappa shape index (κ1) is 22.7. The summed E-state index contributed by atoms with van der Waals surface area (Å²) in [6.45, 7) is 6.02. The summed E-state index contributed by atoms with van der Waals surface area (Å²) < 4.78 is 15.4. The van der Waals surface area contributed by atoms with E-state index in [1.807, 2.05) is 55.7 Å². The Balaban J connectivity index is 1.56. The molecule has 4 rings (SSSR count). The first-order chi connectivity index (χ1) is 15.9. The van der Waals surface area contributed by atoms with Crippen LogP contribution in [0.1, 0.15) is 28.1 Å². The fourth-order valence-corrected chi connectivity index (χ4v) is 4.59. The quantitative estimate of drug-likeness (QED) is 0.362. The lowest BCUT2D eigenvalue weighted by atomic mass is 10.1. The Morgan fingerprint density at radius 3 is 2.30 bits per heavy atom. The second-order valence-electron chi connectivity index (χ2n) is 7.98. The third-order valence-electron chi connectivity index (χ3n) is 5.26. The van der Waals surface area contributed by atoms with Crippen molar-refractivity contribution in [2.75, 3.05) is 11.1 Å². The van der Waals surface area contributed by atoms with Gasteiger partial charge in [-0.05, 0) is 61.7 Å². The minimum atomic E-state index is -0.311. The molecule has 33 heavy (non-hydrogen) atoms. The van der Waals surface area contributed by atoms with Crippen LogP contribution in [0.15, 0.2) is 71.9 Å². The Morgan fingerprint density at radius 2 is 1.64 bits per heavy atom. The van der Waals surface area contributed by atoms with Gasteiger partial charge in [-0.25, -0.2) is 4.39 Å². The van der Waals surface area contributed by atoms with Gasteiger partial charge in [-0.2, -0.15) is 0 Å². The smallest absolute Gasteiger partial charge is 0.234 e. The van der Waals surface area contributed by atoms with Gasteiger partial charge in [-0.3, -0.25) is 9.36 Å². The number of benzene rings is 3. The Labute approximate surface area is 197 Å². The van der Waals surface area contributed by atoms with Crippen LogP contribution in [-0.4, -0.2) is 26.4 Å². The molecule has 168 valence electrons. The van der Waals surface area contributed by atoms with E-state index in [0.29, 0.717) is 11.6 Å². The van der Waals surface area contributed by atoms with Crippen molar-refractivity contribution in [2.24, 2.45) is 0 Å².